The van der Waals surface area contributed by atoms with E-state index in [4.69, 9.17) is 0 Å². The SMILES string of the molecule is CC(C)C(C)C(O)N1C(=O)C=CC1=O. The number of carbonyl (C=O) groups is 2. The molecule has 1 aliphatic heterocycles. The second kappa shape index (κ2) is 3.92. The van der Waals surface area contributed by atoms with Gasteiger partial charge in [-0.25, -0.2) is 4.90 Å². The van der Waals surface area contributed by atoms with Crippen LogP contribution in [-0.2, 0) is 9.59 Å². The number of hydrogen-bond acceptors (Lipinski definition) is 3. The lowest BCUT2D eigenvalue weighted by molar-refractivity contribution is -0.152. The van der Waals surface area contributed by atoms with Gasteiger partial charge in [-0.1, -0.05) is 20.8 Å². The van der Waals surface area contributed by atoms with Gasteiger partial charge < -0.3 is 5.11 Å². The van der Waals surface area contributed by atoms with E-state index in [1.165, 1.54) is 12.2 Å². The number of aliphatic hydroxyl groups is 1. The highest BCUT2D eigenvalue weighted by Gasteiger charge is 2.33. The first-order chi connectivity index (χ1) is 6.45. The van der Waals surface area contributed by atoms with Gasteiger partial charge in [0.1, 0.15) is 6.23 Å². The molecule has 4 nitrogen and oxygen atoms in total. The van der Waals surface area contributed by atoms with Gasteiger partial charge in [0, 0.05) is 18.1 Å². The average molecular weight is 197 g/mol. The van der Waals surface area contributed by atoms with Crippen molar-refractivity contribution in [1.82, 2.24) is 4.90 Å². The molecule has 0 saturated heterocycles. The van der Waals surface area contributed by atoms with Gasteiger partial charge in [0.2, 0.25) is 0 Å². The molecular formula is C10H15NO3. The Bertz CT molecular complexity index is 265. The zero-order chi connectivity index (χ0) is 10.9. The largest absolute Gasteiger partial charge is 0.373 e. The summed E-state index contributed by atoms with van der Waals surface area (Å²) < 4.78 is 0. The van der Waals surface area contributed by atoms with Crippen LogP contribution in [0.3, 0.4) is 0 Å². The van der Waals surface area contributed by atoms with Crippen LogP contribution in [0.1, 0.15) is 20.8 Å². The number of carbonyl (C=O) groups excluding carboxylic acids is 2. The van der Waals surface area contributed by atoms with Crippen LogP contribution in [0.25, 0.3) is 0 Å². The maximum absolute atomic E-state index is 11.2. The lowest BCUT2D eigenvalue weighted by atomic mass is 9.95. The van der Waals surface area contributed by atoms with Crippen molar-refractivity contribution in [2.45, 2.75) is 27.0 Å². The maximum Gasteiger partial charge on any atom is 0.255 e. The summed E-state index contributed by atoms with van der Waals surface area (Å²) in [5, 5.41) is 9.77. The van der Waals surface area contributed by atoms with Gasteiger partial charge in [-0.2, -0.15) is 0 Å². The number of amides is 2. The molecule has 0 aromatic heterocycles. The first-order valence-corrected chi connectivity index (χ1v) is 4.68. The van der Waals surface area contributed by atoms with Gasteiger partial charge in [0.05, 0.1) is 0 Å². The van der Waals surface area contributed by atoms with Crippen molar-refractivity contribution in [3.8, 4) is 0 Å². The minimum absolute atomic E-state index is 0.122. The van der Waals surface area contributed by atoms with Crippen LogP contribution in [0.5, 0.6) is 0 Å². The van der Waals surface area contributed by atoms with Crippen LogP contribution in [0.4, 0.5) is 0 Å². The minimum atomic E-state index is -1.02. The van der Waals surface area contributed by atoms with Crippen LogP contribution in [0.2, 0.25) is 0 Å². The molecule has 0 bridgehead atoms. The van der Waals surface area contributed by atoms with E-state index in [1.54, 1.807) is 0 Å². The van der Waals surface area contributed by atoms with E-state index in [0.717, 1.165) is 4.90 Å². The molecule has 0 aromatic rings. The third kappa shape index (κ3) is 1.85. The van der Waals surface area contributed by atoms with Gasteiger partial charge >= 0.3 is 0 Å². The van der Waals surface area contributed by atoms with Crippen LogP contribution in [-0.4, -0.2) is 28.0 Å². The predicted octanol–water partition coefficient (Wildman–Crippen LogP) is 0.522. The van der Waals surface area contributed by atoms with Crippen molar-refractivity contribution in [3.05, 3.63) is 12.2 Å². The first kappa shape index (κ1) is 10.9. The maximum atomic E-state index is 11.2. The van der Waals surface area contributed by atoms with Crippen LogP contribution >= 0.6 is 0 Å². The van der Waals surface area contributed by atoms with E-state index in [1.807, 2.05) is 20.8 Å². The van der Waals surface area contributed by atoms with Crippen molar-refractivity contribution >= 4 is 11.8 Å². The number of rotatable bonds is 3. The highest BCUT2D eigenvalue weighted by atomic mass is 16.3. The molecule has 2 atom stereocenters. The molecule has 78 valence electrons. The van der Waals surface area contributed by atoms with E-state index in [2.05, 4.69) is 0 Å². The molecule has 1 heterocycles. The topological polar surface area (TPSA) is 57.6 Å². The zero-order valence-corrected chi connectivity index (χ0v) is 8.60. The summed E-state index contributed by atoms with van der Waals surface area (Å²) in [5.74, 6) is -0.779. The van der Waals surface area contributed by atoms with Crippen LogP contribution in [0.15, 0.2) is 12.2 Å². The second-order valence-electron chi connectivity index (χ2n) is 3.90. The van der Waals surface area contributed by atoms with E-state index in [9.17, 15) is 14.7 Å². The quantitative estimate of drug-likeness (QED) is 0.671. The summed E-state index contributed by atoms with van der Waals surface area (Å²) in [4.78, 5) is 23.3. The fourth-order valence-corrected chi connectivity index (χ4v) is 1.25. The summed E-state index contributed by atoms with van der Waals surface area (Å²) in [7, 11) is 0. The molecule has 2 amide bonds. The highest BCUT2D eigenvalue weighted by Crippen LogP contribution is 2.20. The second-order valence-corrected chi connectivity index (χ2v) is 3.90. The van der Waals surface area contributed by atoms with Crippen LogP contribution in [0, 0.1) is 11.8 Å². The van der Waals surface area contributed by atoms with Gasteiger partial charge in [0.25, 0.3) is 11.8 Å². The number of imide groups is 1. The summed E-state index contributed by atoms with van der Waals surface area (Å²) in [6, 6.07) is 0. The summed E-state index contributed by atoms with van der Waals surface area (Å²) >= 11 is 0. The van der Waals surface area contributed by atoms with Gasteiger partial charge in [0.15, 0.2) is 0 Å². The summed E-state index contributed by atoms with van der Waals surface area (Å²) in [6.45, 7) is 5.69. The highest BCUT2D eigenvalue weighted by molar-refractivity contribution is 6.13. The summed E-state index contributed by atoms with van der Waals surface area (Å²) in [6.07, 6.45) is 1.34. The summed E-state index contributed by atoms with van der Waals surface area (Å²) in [5.41, 5.74) is 0. The lowest BCUT2D eigenvalue weighted by Crippen LogP contribution is -2.45. The van der Waals surface area contributed by atoms with Gasteiger partial charge in [-0.05, 0) is 5.92 Å². The lowest BCUT2D eigenvalue weighted by Gasteiger charge is -2.28. The van der Waals surface area contributed by atoms with Gasteiger partial charge in [-0.15, -0.1) is 0 Å². The Morgan fingerprint density at radius 1 is 1.14 bits per heavy atom. The number of hydrogen-bond donors (Lipinski definition) is 1. The Labute approximate surface area is 83.2 Å². The first-order valence-electron chi connectivity index (χ1n) is 4.68. The number of aliphatic hydroxyl groups excluding tert-OH is 1. The Kier molecular flexibility index (Phi) is 3.06. The smallest absolute Gasteiger partial charge is 0.255 e. The molecule has 1 rings (SSSR count). The Morgan fingerprint density at radius 2 is 1.57 bits per heavy atom. The zero-order valence-electron chi connectivity index (χ0n) is 8.60. The molecular weight excluding hydrogens is 182 g/mol. The van der Waals surface area contributed by atoms with Crippen molar-refractivity contribution in [2.75, 3.05) is 0 Å². The van der Waals surface area contributed by atoms with Crippen molar-refractivity contribution in [2.24, 2.45) is 11.8 Å². The fourth-order valence-electron chi connectivity index (χ4n) is 1.25. The molecule has 0 fully saturated rings. The molecule has 0 radical (unpaired) electrons. The third-order valence-corrected chi connectivity index (χ3v) is 2.63. The molecule has 1 N–H and O–H groups in total. The van der Waals surface area contributed by atoms with Crippen LogP contribution < -0.4 is 0 Å². The van der Waals surface area contributed by atoms with Crippen molar-refractivity contribution in [3.63, 3.8) is 0 Å². The minimum Gasteiger partial charge on any atom is -0.373 e. The fraction of sp³-hybridized carbons (Fsp3) is 0.600. The average Bonchev–Trinajstić information content (AvgIpc) is 2.44. The van der Waals surface area contributed by atoms with E-state index in [0.29, 0.717) is 0 Å². The molecule has 0 aromatic carbocycles. The van der Waals surface area contributed by atoms with E-state index >= 15 is 0 Å². The van der Waals surface area contributed by atoms with Crippen molar-refractivity contribution < 1.29 is 14.7 Å². The predicted molar refractivity (Wildman–Crippen MR) is 51.0 cm³/mol. The Morgan fingerprint density at radius 3 is 1.93 bits per heavy atom. The van der Waals surface area contributed by atoms with E-state index < -0.39 is 18.0 Å². The molecule has 1 aliphatic rings. The Hall–Kier alpha value is -1.16. The molecule has 14 heavy (non-hydrogen) atoms. The third-order valence-electron chi connectivity index (χ3n) is 2.63. The number of nitrogens with zero attached hydrogens (tertiary/aromatic N) is 1. The van der Waals surface area contributed by atoms with Gasteiger partial charge in [-0.3, -0.25) is 9.59 Å². The molecule has 2 unspecified atom stereocenters. The standard InChI is InChI=1S/C10H15NO3/c1-6(2)7(3)10(14)11-8(12)4-5-9(11)13/h4-7,10,14H,1-3H3. The molecule has 0 spiro atoms. The Balaban J connectivity index is 2.75. The van der Waals surface area contributed by atoms with E-state index in [-0.39, 0.29) is 11.8 Å². The van der Waals surface area contributed by atoms with Crippen molar-refractivity contribution in [1.29, 1.82) is 0 Å². The molecule has 4 heteroatoms. The molecule has 0 aliphatic carbocycles. The molecule has 0 saturated carbocycles. The normalized spacial score (nSPS) is 20.8. The monoisotopic (exact) mass is 197 g/mol.